The number of aromatic nitrogens is 5. The van der Waals surface area contributed by atoms with E-state index in [1.807, 2.05) is 33.0 Å². The smallest absolute Gasteiger partial charge is 0.337 e. The minimum atomic E-state index is -4.42. The van der Waals surface area contributed by atoms with Crippen molar-refractivity contribution in [3.05, 3.63) is 88.4 Å². The second-order valence-electron chi connectivity index (χ2n) is 17.0. The molecular formula is C42H55N7O5S. The minimum Gasteiger partial charge on any atom is -0.478 e. The van der Waals surface area contributed by atoms with Crippen molar-refractivity contribution in [3.63, 3.8) is 0 Å². The SMILES string of the molecule is Cc1cccc(CC(C)C)c1-c1nc(NS(=O)(=O)c2ccccc2C(=O)O)nc(OC[C@@H](CC(C)(C)C)NCc2cnc3cc(C(C)(C)C)n(C)c3n2)c1C. The number of nitrogens with zero attached hydrogens (tertiary/aromatic N) is 5. The highest BCUT2D eigenvalue weighted by atomic mass is 32.2. The van der Waals surface area contributed by atoms with E-state index in [-0.39, 0.29) is 40.9 Å². The fraction of sp³-hybridized carbons (Fsp3) is 0.452. The molecule has 3 N–H and O–H groups in total. The monoisotopic (exact) mass is 769 g/mol. The third-order valence-electron chi connectivity index (χ3n) is 9.36. The number of hydrogen-bond donors (Lipinski definition) is 3. The number of sulfonamides is 1. The molecule has 12 nitrogen and oxygen atoms in total. The molecule has 294 valence electrons. The fourth-order valence-corrected chi connectivity index (χ4v) is 8.08. The highest BCUT2D eigenvalue weighted by Gasteiger charge is 2.27. The summed E-state index contributed by atoms with van der Waals surface area (Å²) in [5, 5.41) is 13.4. The van der Waals surface area contributed by atoms with Gasteiger partial charge in [0.15, 0.2) is 5.65 Å². The third kappa shape index (κ3) is 9.87. The highest BCUT2D eigenvalue weighted by molar-refractivity contribution is 7.92. The number of rotatable bonds is 14. The first kappa shape index (κ1) is 41.3. The van der Waals surface area contributed by atoms with Gasteiger partial charge in [0, 0.05) is 41.9 Å². The summed E-state index contributed by atoms with van der Waals surface area (Å²) in [6.45, 7) is 21.8. The average Bonchev–Trinajstić information content (AvgIpc) is 3.42. The van der Waals surface area contributed by atoms with Crippen LogP contribution in [0.2, 0.25) is 0 Å². The summed E-state index contributed by atoms with van der Waals surface area (Å²) < 4.78 is 38.5. The number of hydrogen-bond acceptors (Lipinski definition) is 9. The van der Waals surface area contributed by atoms with Gasteiger partial charge in [0.1, 0.15) is 17.0 Å². The molecule has 3 aromatic heterocycles. The molecule has 3 heterocycles. The Balaban J connectivity index is 1.51. The Morgan fingerprint density at radius 3 is 2.35 bits per heavy atom. The van der Waals surface area contributed by atoms with Crippen LogP contribution in [0.15, 0.2) is 59.6 Å². The van der Waals surface area contributed by atoms with Crippen molar-refractivity contribution in [2.24, 2.45) is 18.4 Å². The second kappa shape index (κ2) is 16.1. The van der Waals surface area contributed by atoms with Crippen LogP contribution in [-0.4, -0.2) is 56.6 Å². The van der Waals surface area contributed by atoms with Gasteiger partial charge in [0.05, 0.1) is 23.1 Å². The standard InChI is InChI=1S/C42H55N7O5S/c1-25(2)19-28-16-14-15-26(3)35(28)36-27(4)38(47-40(46-36)48-55(52,53)33-18-13-12-17-31(33)39(50)51)54-24-29(21-41(5,6)7)43-22-30-23-44-32-20-34(42(8,9)10)49(11)37(32)45-30/h12-18,20,23,25,29,43H,19,21-22,24H2,1-11H3,(H,50,51)(H,46,47,48)/t29-/m1/s1. The zero-order valence-electron chi connectivity index (χ0n) is 33.9. The molecule has 0 unspecified atom stereocenters. The predicted molar refractivity (Wildman–Crippen MR) is 217 cm³/mol. The lowest BCUT2D eigenvalue weighted by Gasteiger charge is -2.27. The molecular weight excluding hydrogens is 715 g/mol. The number of fused-ring (bicyclic) bond motifs is 1. The molecule has 2 aromatic carbocycles. The normalized spacial score (nSPS) is 13.0. The summed E-state index contributed by atoms with van der Waals surface area (Å²) in [4.78, 5) is 30.6. The number of carboxylic acids is 1. The fourth-order valence-electron chi connectivity index (χ4n) is 6.93. The summed E-state index contributed by atoms with van der Waals surface area (Å²) in [7, 11) is -2.40. The molecule has 0 radical (unpaired) electrons. The van der Waals surface area contributed by atoms with E-state index in [9.17, 15) is 18.3 Å². The number of nitrogens with one attached hydrogen (secondary N) is 2. The van der Waals surface area contributed by atoms with Crippen LogP contribution in [-0.2, 0) is 35.5 Å². The van der Waals surface area contributed by atoms with Gasteiger partial charge >= 0.3 is 5.97 Å². The Bertz CT molecular complexity index is 2300. The van der Waals surface area contributed by atoms with Crippen molar-refractivity contribution in [3.8, 4) is 17.1 Å². The molecule has 1 atom stereocenters. The van der Waals surface area contributed by atoms with Crippen molar-refractivity contribution in [2.45, 2.75) is 105 Å². The number of carboxylic acid groups (broad SMARTS) is 1. The number of aromatic carboxylic acids is 1. The van der Waals surface area contributed by atoms with Crippen LogP contribution in [0.5, 0.6) is 5.88 Å². The van der Waals surface area contributed by atoms with Crippen LogP contribution in [0.4, 0.5) is 5.95 Å². The molecule has 0 saturated carbocycles. The lowest BCUT2D eigenvalue weighted by atomic mass is 9.88. The predicted octanol–water partition coefficient (Wildman–Crippen LogP) is 8.01. The third-order valence-corrected chi connectivity index (χ3v) is 10.7. The van der Waals surface area contributed by atoms with Gasteiger partial charge in [0.25, 0.3) is 10.0 Å². The molecule has 5 aromatic rings. The zero-order chi connectivity index (χ0) is 40.5. The molecule has 0 saturated heterocycles. The summed E-state index contributed by atoms with van der Waals surface area (Å²) >= 11 is 0. The quantitative estimate of drug-likeness (QED) is 0.101. The summed E-state index contributed by atoms with van der Waals surface area (Å²) in [5.41, 5.74) is 7.23. The van der Waals surface area contributed by atoms with Gasteiger partial charge < -0.3 is 19.7 Å². The first-order chi connectivity index (χ1) is 25.6. The summed E-state index contributed by atoms with van der Waals surface area (Å²) in [6, 6.07) is 13.4. The Morgan fingerprint density at radius 2 is 1.69 bits per heavy atom. The van der Waals surface area contributed by atoms with Crippen LogP contribution in [0.1, 0.15) is 100 Å². The van der Waals surface area contributed by atoms with Crippen LogP contribution < -0.4 is 14.8 Å². The van der Waals surface area contributed by atoms with Gasteiger partial charge in [-0.25, -0.2) is 27.9 Å². The van der Waals surface area contributed by atoms with E-state index in [0.717, 1.165) is 52.1 Å². The van der Waals surface area contributed by atoms with Crippen LogP contribution in [0, 0.1) is 25.2 Å². The largest absolute Gasteiger partial charge is 0.478 e. The van der Waals surface area contributed by atoms with Gasteiger partial charge in [-0.05, 0) is 67.3 Å². The van der Waals surface area contributed by atoms with Crippen LogP contribution in [0.3, 0.4) is 0 Å². The molecule has 0 aliphatic rings. The molecule has 13 heteroatoms. The maximum Gasteiger partial charge on any atom is 0.337 e. The Labute approximate surface area is 325 Å². The first-order valence-corrected chi connectivity index (χ1v) is 20.1. The number of carbonyl (C=O) groups is 1. The van der Waals surface area contributed by atoms with E-state index in [1.165, 1.54) is 24.3 Å². The van der Waals surface area contributed by atoms with Crippen LogP contribution in [0.25, 0.3) is 22.4 Å². The molecule has 55 heavy (non-hydrogen) atoms. The maximum absolute atomic E-state index is 13.7. The van der Waals surface area contributed by atoms with E-state index < -0.39 is 20.9 Å². The molecule has 0 fully saturated rings. The Hall–Kier alpha value is -4.88. The van der Waals surface area contributed by atoms with Gasteiger partial charge in [-0.15, -0.1) is 0 Å². The highest BCUT2D eigenvalue weighted by Crippen LogP contribution is 2.35. The topological polar surface area (TPSA) is 161 Å². The van der Waals surface area contributed by atoms with Gasteiger partial charge in [0.2, 0.25) is 11.8 Å². The van der Waals surface area contributed by atoms with E-state index >= 15 is 0 Å². The van der Waals surface area contributed by atoms with E-state index in [0.29, 0.717) is 23.7 Å². The molecule has 5 rings (SSSR count). The lowest BCUT2D eigenvalue weighted by molar-refractivity contribution is 0.0692. The van der Waals surface area contributed by atoms with Gasteiger partial charge in [-0.3, -0.25) is 4.98 Å². The van der Waals surface area contributed by atoms with Crippen molar-refractivity contribution in [1.29, 1.82) is 0 Å². The number of ether oxygens (including phenoxy) is 1. The molecule has 0 aliphatic heterocycles. The Morgan fingerprint density at radius 1 is 0.982 bits per heavy atom. The molecule has 0 amide bonds. The average molecular weight is 770 g/mol. The van der Waals surface area contributed by atoms with E-state index in [2.05, 4.69) is 87.1 Å². The summed E-state index contributed by atoms with van der Waals surface area (Å²) in [5.74, 6) is -1.03. The number of aryl methyl sites for hydroxylation is 2. The zero-order valence-corrected chi connectivity index (χ0v) is 34.7. The van der Waals surface area contributed by atoms with Crippen molar-refractivity contribution in [1.82, 2.24) is 29.8 Å². The lowest BCUT2D eigenvalue weighted by Crippen LogP contribution is -2.38. The van der Waals surface area contributed by atoms with Crippen LogP contribution >= 0.6 is 0 Å². The minimum absolute atomic E-state index is 0.0542. The van der Waals surface area contributed by atoms with Crippen molar-refractivity contribution < 1.29 is 23.1 Å². The van der Waals surface area contributed by atoms with E-state index in [1.54, 1.807) is 6.20 Å². The first-order valence-electron chi connectivity index (χ1n) is 18.6. The Kier molecular flexibility index (Phi) is 12.1. The number of anilines is 1. The number of benzene rings is 2. The van der Waals surface area contributed by atoms with Crippen molar-refractivity contribution in [2.75, 3.05) is 11.3 Å². The molecule has 0 bridgehead atoms. The van der Waals surface area contributed by atoms with Gasteiger partial charge in [-0.2, -0.15) is 4.98 Å². The van der Waals surface area contributed by atoms with Gasteiger partial charge in [-0.1, -0.05) is 85.7 Å². The molecule has 0 aliphatic carbocycles. The van der Waals surface area contributed by atoms with Crippen molar-refractivity contribution >= 4 is 33.1 Å². The molecule has 0 spiro atoms. The maximum atomic E-state index is 13.7. The second-order valence-corrected chi connectivity index (χ2v) is 18.7. The van der Waals surface area contributed by atoms with E-state index in [4.69, 9.17) is 19.7 Å². The summed E-state index contributed by atoms with van der Waals surface area (Å²) in [6.07, 6.45) is 3.32.